The average molecular weight is 497 g/mol. The second-order valence-electron chi connectivity index (χ2n) is 8.43. The first-order chi connectivity index (χ1) is 16.0. The Bertz CT molecular complexity index is 1360. The molecule has 0 unspecified atom stereocenters. The zero-order valence-corrected chi connectivity index (χ0v) is 19.9. The third kappa shape index (κ3) is 4.98. The molecule has 1 fully saturated rings. The second-order valence-corrected chi connectivity index (χ2v) is 10.4. The van der Waals surface area contributed by atoms with Crippen LogP contribution in [0.2, 0.25) is 0 Å². The van der Waals surface area contributed by atoms with Gasteiger partial charge in [-0.3, -0.25) is 14.7 Å². The Morgan fingerprint density at radius 1 is 1.29 bits per heavy atom. The molecule has 3 aromatic rings. The normalized spacial score (nSPS) is 18.1. The standard InChI is InChI=1S/C22H26F2N4O5S/c1-14-10-28(34(3,30)31)7-6-27(14)11-15-8-17-21(33-15)18(12-26(2)22(17)29)16-4-5-25-9-19(16)32-13-20(23)24/h4-5,8-9,12,14,20H,6-7,10-11,13H2,1-3H3/t14-/m1/s1. The lowest BCUT2D eigenvalue weighted by atomic mass is 10.1. The number of halogens is 2. The highest BCUT2D eigenvalue weighted by Crippen LogP contribution is 2.35. The highest BCUT2D eigenvalue weighted by atomic mass is 32.2. The summed E-state index contributed by atoms with van der Waals surface area (Å²) in [7, 11) is -1.66. The van der Waals surface area contributed by atoms with Gasteiger partial charge in [0.15, 0.2) is 0 Å². The summed E-state index contributed by atoms with van der Waals surface area (Å²) in [6.07, 6.45) is 2.99. The van der Waals surface area contributed by atoms with Gasteiger partial charge in [0.1, 0.15) is 23.7 Å². The van der Waals surface area contributed by atoms with Gasteiger partial charge in [-0.15, -0.1) is 0 Å². The maximum atomic E-state index is 12.8. The maximum absolute atomic E-state index is 12.8. The number of aryl methyl sites for hydroxylation is 1. The minimum absolute atomic E-state index is 0.0476. The van der Waals surface area contributed by atoms with Gasteiger partial charge in [-0.05, 0) is 19.1 Å². The van der Waals surface area contributed by atoms with Crippen molar-refractivity contribution in [3.63, 3.8) is 0 Å². The number of fused-ring (bicyclic) bond motifs is 1. The number of sulfonamides is 1. The Kier molecular flexibility index (Phi) is 6.74. The SMILES string of the molecule is C[C@@H]1CN(S(C)(=O)=O)CCN1Cc1cc2c(=O)n(C)cc(-c3ccncc3OCC(F)F)c2o1. The van der Waals surface area contributed by atoms with E-state index in [0.717, 1.165) is 0 Å². The number of hydrogen-bond acceptors (Lipinski definition) is 7. The average Bonchev–Trinajstić information content (AvgIpc) is 3.20. The van der Waals surface area contributed by atoms with Crippen LogP contribution < -0.4 is 10.3 Å². The summed E-state index contributed by atoms with van der Waals surface area (Å²) in [5.74, 6) is 0.703. The lowest BCUT2D eigenvalue weighted by Gasteiger charge is -2.38. The number of alkyl halides is 2. The molecule has 4 heterocycles. The molecule has 0 radical (unpaired) electrons. The monoisotopic (exact) mass is 496 g/mol. The summed E-state index contributed by atoms with van der Waals surface area (Å²) in [6, 6.07) is 3.25. The van der Waals surface area contributed by atoms with Crippen molar-refractivity contribution in [3.05, 3.63) is 46.8 Å². The summed E-state index contributed by atoms with van der Waals surface area (Å²) >= 11 is 0. The summed E-state index contributed by atoms with van der Waals surface area (Å²) in [5, 5.41) is 0.356. The van der Waals surface area contributed by atoms with Crippen LogP contribution in [0.3, 0.4) is 0 Å². The quantitative estimate of drug-likeness (QED) is 0.495. The highest BCUT2D eigenvalue weighted by Gasteiger charge is 2.29. The van der Waals surface area contributed by atoms with Crippen molar-refractivity contribution in [1.82, 2.24) is 18.8 Å². The molecular weight excluding hydrogens is 470 g/mol. The van der Waals surface area contributed by atoms with Gasteiger partial charge in [0.25, 0.3) is 12.0 Å². The van der Waals surface area contributed by atoms with Crippen LogP contribution in [0.4, 0.5) is 8.78 Å². The summed E-state index contributed by atoms with van der Waals surface area (Å²) in [4.78, 5) is 18.9. The van der Waals surface area contributed by atoms with Crippen LogP contribution in [0, 0.1) is 0 Å². The number of ether oxygens (including phenoxy) is 1. The van der Waals surface area contributed by atoms with Gasteiger partial charge in [-0.1, -0.05) is 0 Å². The van der Waals surface area contributed by atoms with Gasteiger partial charge < -0.3 is 13.7 Å². The van der Waals surface area contributed by atoms with Crippen molar-refractivity contribution in [3.8, 4) is 16.9 Å². The third-order valence-corrected chi connectivity index (χ3v) is 7.17. The van der Waals surface area contributed by atoms with E-state index in [1.165, 1.54) is 27.5 Å². The second kappa shape index (κ2) is 9.43. The lowest BCUT2D eigenvalue weighted by Crippen LogP contribution is -2.52. The molecule has 0 bridgehead atoms. The molecule has 3 aromatic heterocycles. The number of rotatable bonds is 7. The molecule has 9 nitrogen and oxygen atoms in total. The van der Waals surface area contributed by atoms with Crippen LogP contribution in [-0.2, 0) is 23.6 Å². The fourth-order valence-corrected chi connectivity index (χ4v) is 5.04. The fourth-order valence-electron chi connectivity index (χ4n) is 4.14. The Balaban J connectivity index is 1.68. The van der Waals surface area contributed by atoms with Crippen LogP contribution >= 0.6 is 0 Å². The Hall–Kier alpha value is -2.83. The largest absolute Gasteiger partial charge is 0.485 e. The van der Waals surface area contributed by atoms with E-state index in [4.69, 9.17) is 9.15 Å². The van der Waals surface area contributed by atoms with Crippen molar-refractivity contribution in [1.29, 1.82) is 0 Å². The van der Waals surface area contributed by atoms with Gasteiger partial charge in [0.05, 0.1) is 24.4 Å². The van der Waals surface area contributed by atoms with Gasteiger partial charge in [0.2, 0.25) is 10.0 Å². The zero-order valence-electron chi connectivity index (χ0n) is 19.1. The van der Waals surface area contributed by atoms with Crippen LogP contribution in [0.15, 0.2) is 39.9 Å². The van der Waals surface area contributed by atoms with Crippen molar-refractivity contribution in [2.45, 2.75) is 25.9 Å². The van der Waals surface area contributed by atoms with E-state index in [-0.39, 0.29) is 17.4 Å². The molecule has 0 N–H and O–H groups in total. The fraction of sp³-hybridized carbons (Fsp3) is 0.455. The molecule has 0 aliphatic carbocycles. The number of piperazine rings is 1. The maximum Gasteiger partial charge on any atom is 0.272 e. The molecule has 184 valence electrons. The molecule has 1 aliphatic rings. The molecule has 12 heteroatoms. The van der Waals surface area contributed by atoms with E-state index in [0.29, 0.717) is 54.0 Å². The zero-order chi connectivity index (χ0) is 24.6. The molecule has 0 amide bonds. The molecular formula is C22H26F2N4O5S. The van der Waals surface area contributed by atoms with E-state index in [1.807, 2.05) is 6.92 Å². The number of furan rings is 1. The van der Waals surface area contributed by atoms with Crippen molar-refractivity contribution < 1.29 is 26.4 Å². The van der Waals surface area contributed by atoms with Crippen LogP contribution in [-0.4, -0.2) is 72.1 Å². The summed E-state index contributed by atoms with van der Waals surface area (Å²) in [5.41, 5.74) is 1.07. The molecule has 0 saturated carbocycles. The molecule has 1 atom stereocenters. The molecule has 1 saturated heterocycles. The van der Waals surface area contributed by atoms with E-state index in [2.05, 4.69) is 9.88 Å². The van der Waals surface area contributed by atoms with Crippen LogP contribution in [0.1, 0.15) is 12.7 Å². The Morgan fingerprint density at radius 2 is 2.06 bits per heavy atom. The smallest absolute Gasteiger partial charge is 0.272 e. The minimum atomic E-state index is -3.26. The van der Waals surface area contributed by atoms with Gasteiger partial charge >= 0.3 is 0 Å². The van der Waals surface area contributed by atoms with Gasteiger partial charge in [0, 0.05) is 56.2 Å². The first kappa shape index (κ1) is 24.3. The third-order valence-electron chi connectivity index (χ3n) is 5.90. The van der Waals surface area contributed by atoms with Crippen molar-refractivity contribution in [2.75, 3.05) is 32.5 Å². The van der Waals surface area contributed by atoms with E-state index in [9.17, 15) is 22.0 Å². The molecule has 34 heavy (non-hydrogen) atoms. The van der Waals surface area contributed by atoms with E-state index in [1.54, 1.807) is 25.4 Å². The number of hydrogen-bond donors (Lipinski definition) is 0. The topological polar surface area (TPSA) is 97.9 Å². The Morgan fingerprint density at radius 3 is 2.74 bits per heavy atom. The van der Waals surface area contributed by atoms with Crippen molar-refractivity contribution >= 4 is 21.0 Å². The number of pyridine rings is 2. The summed E-state index contributed by atoms with van der Waals surface area (Å²) in [6.45, 7) is 2.81. The molecule has 4 rings (SSSR count). The number of aromatic nitrogens is 2. The summed E-state index contributed by atoms with van der Waals surface area (Å²) < 4.78 is 63.4. The molecule has 1 aliphatic heterocycles. The van der Waals surface area contributed by atoms with Crippen molar-refractivity contribution in [2.24, 2.45) is 7.05 Å². The first-order valence-electron chi connectivity index (χ1n) is 10.7. The van der Waals surface area contributed by atoms with E-state index < -0.39 is 23.1 Å². The van der Waals surface area contributed by atoms with Gasteiger partial charge in [-0.25, -0.2) is 17.2 Å². The predicted molar refractivity (Wildman–Crippen MR) is 122 cm³/mol. The number of nitrogens with zero attached hydrogens (tertiary/aromatic N) is 4. The first-order valence-corrected chi connectivity index (χ1v) is 12.6. The van der Waals surface area contributed by atoms with Crippen LogP contribution in [0.5, 0.6) is 5.75 Å². The Labute approximate surface area is 195 Å². The lowest BCUT2D eigenvalue weighted by molar-refractivity contribution is 0.0820. The minimum Gasteiger partial charge on any atom is -0.485 e. The predicted octanol–water partition coefficient (Wildman–Crippen LogP) is 2.30. The molecule has 0 spiro atoms. The van der Waals surface area contributed by atoms with Crippen LogP contribution in [0.25, 0.3) is 22.1 Å². The highest BCUT2D eigenvalue weighted by molar-refractivity contribution is 7.88. The van der Waals surface area contributed by atoms with Gasteiger partial charge in [-0.2, -0.15) is 4.31 Å². The molecule has 0 aromatic carbocycles. The van der Waals surface area contributed by atoms with E-state index >= 15 is 0 Å².